The van der Waals surface area contributed by atoms with E-state index in [1.165, 1.54) is 12.3 Å². The molecule has 0 unspecified atom stereocenters. The summed E-state index contributed by atoms with van der Waals surface area (Å²) in [6.45, 7) is -0.441. The maximum Gasteiger partial charge on any atom is 0.312 e. The predicted molar refractivity (Wildman–Crippen MR) is 31.3 cm³/mol. The molecule has 0 aliphatic heterocycles. The lowest BCUT2D eigenvalue weighted by Crippen LogP contribution is -1.90. The molecule has 0 saturated heterocycles. The summed E-state index contributed by atoms with van der Waals surface area (Å²) >= 11 is 0. The van der Waals surface area contributed by atoms with Crippen molar-refractivity contribution < 1.29 is 14.4 Å². The standard InChI is InChI=1S/C5H5NO4/c7-3-5-4(6(8)9)1-2-10-5/h1-2,7H,3H2. The van der Waals surface area contributed by atoms with Crippen LogP contribution in [0.15, 0.2) is 16.7 Å². The topological polar surface area (TPSA) is 76.5 Å². The van der Waals surface area contributed by atoms with E-state index in [2.05, 4.69) is 4.42 Å². The van der Waals surface area contributed by atoms with Crippen molar-refractivity contribution in [2.45, 2.75) is 6.61 Å². The first-order chi connectivity index (χ1) is 4.75. The fourth-order valence-corrected chi connectivity index (χ4v) is 0.615. The quantitative estimate of drug-likeness (QED) is 0.487. The monoisotopic (exact) mass is 143 g/mol. The molecule has 0 aliphatic rings. The van der Waals surface area contributed by atoms with Gasteiger partial charge in [0.15, 0.2) is 0 Å². The third-order valence-corrected chi connectivity index (χ3v) is 1.06. The average Bonchev–Trinajstić information content (AvgIpc) is 2.33. The molecule has 1 aromatic rings. The number of nitro groups is 1. The van der Waals surface area contributed by atoms with Crippen LogP contribution in [0.4, 0.5) is 5.69 Å². The van der Waals surface area contributed by atoms with Gasteiger partial charge in [-0.1, -0.05) is 0 Å². The van der Waals surface area contributed by atoms with E-state index < -0.39 is 11.5 Å². The van der Waals surface area contributed by atoms with Crippen LogP contribution < -0.4 is 0 Å². The zero-order valence-electron chi connectivity index (χ0n) is 4.98. The molecule has 0 radical (unpaired) electrons. The lowest BCUT2D eigenvalue weighted by molar-refractivity contribution is -0.386. The molecule has 0 bridgehead atoms. The lowest BCUT2D eigenvalue weighted by atomic mass is 10.4. The molecule has 1 aromatic heterocycles. The van der Waals surface area contributed by atoms with Crippen LogP contribution >= 0.6 is 0 Å². The van der Waals surface area contributed by atoms with Gasteiger partial charge in [0, 0.05) is 0 Å². The van der Waals surface area contributed by atoms with Gasteiger partial charge >= 0.3 is 5.69 Å². The van der Waals surface area contributed by atoms with Crippen LogP contribution in [-0.2, 0) is 6.61 Å². The van der Waals surface area contributed by atoms with E-state index in [-0.39, 0.29) is 11.4 Å². The van der Waals surface area contributed by atoms with Crippen molar-refractivity contribution in [2.75, 3.05) is 0 Å². The predicted octanol–water partition coefficient (Wildman–Crippen LogP) is 0.680. The second-order valence-electron chi connectivity index (χ2n) is 1.64. The van der Waals surface area contributed by atoms with E-state index in [0.717, 1.165) is 0 Å². The Hall–Kier alpha value is -1.36. The van der Waals surface area contributed by atoms with Crippen LogP contribution in [0.1, 0.15) is 5.76 Å². The van der Waals surface area contributed by atoms with E-state index in [9.17, 15) is 10.1 Å². The van der Waals surface area contributed by atoms with Crippen LogP contribution in [0, 0.1) is 10.1 Å². The van der Waals surface area contributed by atoms with Crippen LogP contribution in [0.3, 0.4) is 0 Å². The van der Waals surface area contributed by atoms with E-state index in [1.54, 1.807) is 0 Å². The Morgan fingerprint density at radius 2 is 2.50 bits per heavy atom. The molecule has 10 heavy (non-hydrogen) atoms. The summed E-state index contributed by atoms with van der Waals surface area (Å²) in [5.74, 6) is -0.00926. The van der Waals surface area contributed by atoms with Gasteiger partial charge in [-0.2, -0.15) is 0 Å². The zero-order valence-corrected chi connectivity index (χ0v) is 4.98. The van der Waals surface area contributed by atoms with Crippen molar-refractivity contribution in [1.82, 2.24) is 0 Å². The maximum absolute atomic E-state index is 10.1. The van der Waals surface area contributed by atoms with Gasteiger partial charge in [-0.15, -0.1) is 0 Å². The van der Waals surface area contributed by atoms with Crippen molar-refractivity contribution in [3.05, 3.63) is 28.2 Å². The van der Waals surface area contributed by atoms with E-state index in [0.29, 0.717) is 0 Å². The first kappa shape index (κ1) is 6.76. The second-order valence-corrected chi connectivity index (χ2v) is 1.64. The molecule has 1 N–H and O–H groups in total. The van der Waals surface area contributed by atoms with Gasteiger partial charge < -0.3 is 9.52 Å². The minimum absolute atomic E-state index is 0.00926. The highest BCUT2D eigenvalue weighted by molar-refractivity contribution is 5.31. The van der Waals surface area contributed by atoms with Gasteiger partial charge in [-0.3, -0.25) is 10.1 Å². The number of aliphatic hydroxyl groups is 1. The summed E-state index contributed by atoms with van der Waals surface area (Å²) in [5, 5.41) is 18.5. The van der Waals surface area contributed by atoms with Gasteiger partial charge in [0.1, 0.15) is 6.61 Å². The minimum atomic E-state index is -0.602. The Morgan fingerprint density at radius 1 is 1.80 bits per heavy atom. The summed E-state index contributed by atoms with van der Waals surface area (Å²) < 4.78 is 4.58. The molecule has 54 valence electrons. The highest BCUT2D eigenvalue weighted by Crippen LogP contribution is 2.18. The smallest absolute Gasteiger partial charge is 0.312 e. The van der Waals surface area contributed by atoms with Crippen LogP contribution in [0.2, 0.25) is 0 Å². The molecule has 5 nitrogen and oxygen atoms in total. The van der Waals surface area contributed by atoms with E-state index in [4.69, 9.17) is 5.11 Å². The number of aliphatic hydroxyl groups excluding tert-OH is 1. The second kappa shape index (κ2) is 2.49. The van der Waals surface area contributed by atoms with Gasteiger partial charge in [-0.05, 0) is 0 Å². The summed E-state index contributed by atoms with van der Waals surface area (Å²) in [5.41, 5.74) is -0.178. The Balaban J connectivity index is 3.01. The number of furan rings is 1. The molecule has 1 rings (SSSR count). The molecule has 1 heterocycles. The molecule has 0 spiro atoms. The molecular formula is C5H5NO4. The van der Waals surface area contributed by atoms with Gasteiger partial charge in [0.05, 0.1) is 17.3 Å². The molecular weight excluding hydrogens is 138 g/mol. The molecule has 0 aromatic carbocycles. The molecule has 0 atom stereocenters. The lowest BCUT2D eigenvalue weighted by Gasteiger charge is -1.86. The number of rotatable bonds is 2. The van der Waals surface area contributed by atoms with E-state index in [1.807, 2.05) is 0 Å². The molecule has 0 aliphatic carbocycles. The summed E-state index contributed by atoms with van der Waals surface area (Å²) in [6.07, 6.45) is 1.17. The third kappa shape index (κ3) is 0.985. The Bertz CT molecular complexity index is 242. The van der Waals surface area contributed by atoms with Crippen LogP contribution in [0.5, 0.6) is 0 Å². The first-order valence-corrected chi connectivity index (χ1v) is 2.57. The summed E-state index contributed by atoms with van der Waals surface area (Å²) in [4.78, 5) is 9.47. The highest BCUT2D eigenvalue weighted by Gasteiger charge is 2.14. The Kier molecular flexibility index (Phi) is 1.68. The number of hydrogen-bond acceptors (Lipinski definition) is 4. The average molecular weight is 143 g/mol. The van der Waals surface area contributed by atoms with Gasteiger partial charge in [0.2, 0.25) is 5.76 Å². The van der Waals surface area contributed by atoms with Crippen molar-refractivity contribution in [3.63, 3.8) is 0 Å². The Labute approximate surface area is 56.0 Å². The third-order valence-electron chi connectivity index (χ3n) is 1.06. The van der Waals surface area contributed by atoms with Gasteiger partial charge in [0.25, 0.3) is 0 Å². The largest absolute Gasteiger partial charge is 0.459 e. The maximum atomic E-state index is 10.1. The van der Waals surface area contributed by atoms with Crippen LogP contribution in [0.25, 0.3) is 0 Å². The van der Waals surface area contributed by atoms with Crippen molar-refractivity contribution in [1.29, 1.82) is 0 Å². The highest BCUT2D eigenvalue weighted by atomic mass is 16.6. The summed E-state index contributed by atoms with van der Waals surface area (Å²) in [6, 6.07) is 1.20. The van der Waals surface area contributed by atoms with Crippen LogP contribution in [-0.4, -0.2) is 10.0 Å². The molecule has 0 fully saturated rings. The molecule has 5 heteroatoms. The molecule has 0 saturated carbocycles. The fraction of sp³-hybridized carbons (Fsp3) is 0.200. The van der Waals surface area contributed by atoms with Crippen molar-refractivity contribution in [3.8, 4) is 0 Å². The minimum Gasteiger partial charge on any atom is -0.459 e. The fourth-order valence-electron chi connectivity index (χ4n) is 0.615. The first-order valence-electron chi connectivity index (χ1n) is 2.57. The zero-order chi connectivity index (χ0) is 7.56. The number of nitrogens with zero attached hydrogens (tertiary/aromatic N) is 1. The molecule has 0 amide bonds. The van der Waals surface area contributed by atoms with Crippen molar-refractivity contribution in [2.24, 2.45) is 0 Å². The van der Waals surface area contributed by atoms with E-state index >= 15 is 0 Å². The Morgan fingerprint density at radius 3 is 2.90 bits per heavy atom. The van der Waals surface area contributed by atoms with Crippen molar-refractivity contribution >= 4 is 5.69 Å². The summed E-state index contributed by atoms with van der Waals surface area (Å²) in [7, 11) is 0. The SMILES string of the molecule is O=[N+]([O-])c1ccoc1CO. The number of hydrogen-bond donors (Lipinski definition) is 1. The normalized spacial score (nSPS) is 9.70. The van der Waals surface area contributed by atoms with Gasteiger partial charge in [-0.25, -0.2) is 0 Å².